The van der Waals surface area contributed by atoms with Crippen molar-refractivity contribution in [1.82, 2.24) is 30.1 Å². The summed E-state index contributed by atoms with van der Waals surface area (Å²) in [5, 5.41) is 28.1. The average Bonchev–Trinajstić information content (AvgIpc) is 3.86. The number of methoxy groups -OCH3 is 1. The van der Waals surface area contributed by atoms with Gasteiger partial charge in [-0.1, -0.05) is 70.7 Å². The highest BCUT2D eigenvalue weighted by atomic mass is 16.5. The number of benzene rings is 3. The summed E-state index contributed by atoms with van der Waals surface area (Å²) in [4.78, 5) is 72.0. The number of amides is 4. The lowest BCUT2D eigenvalue weighted by Crippen LogP contribution is -2.63. The Labute approximate surface area is 393 Å². The predicted octanol–water partition coefficient (Wildman–Crippen LogP) is 5.69. The SMILES string of the molecule is C=CC(=O)N1CC[C@](O)(C(=O)N(C)[C@H](C(=O)N[C@H]2Cc3cc(O)cc(c3)-c3ccc4c(c3)c(c(-c3ccccc3[C@H](C)OC)n4CC)CC(C)(C)COC(=O)[C@@H]3CCCN(N3)C2=O)C(C)C)C1. The third-order valence-electron chi connectivity index (χ3n) is 13.6. The Balaban J connectivity index is 1.31. The van der Waals surface area contributed by atoms with E-state index in [4.69, 9.17) is 9.47 Å². The number of hydrogen-bond acceptors (Lipinski definition) is 10. The van der Waals surface area contributed by atoms with Crippen molar-refractivity contribution in [2.24, 2.45) is 11.3 Å². The van der Waals surface area contributed by atoms with Crippen LogP contribution in [0.4, 0.5) is 0 Å². The fraction of sp³-hybridized carbons (Fsp3) is 0.481. The van der Waals surface area contributed by atoms with E-state index in [1.807, 2.05) is 31.2 Å². The van der Waals surface area contributed by atoms with E-state index in [-0.39, 0.29) is 50.9 Å². The number of ether oxygens (including phenoxy) is 2. The molecule has 4 N–H and O–H groups in total. The third-order valence-corrected chi connectivity index (χ3v) is 13.6. The molecule has 7 rings (SSSR count). The molecule has 3 aromatic carbocycles. The first-order valence-corrected chi connectivity index (χ1v) is 23.4. The van der Waals surface area contributed by atoms with Crippen LogP contribution in [0.25, 0.3) is 33.3 Å². The summed E-state index contributed by atoms with van der Waals surface area (Å²) in [5.41, 5.74) is 7.93. The minimum absolute atomic E-state index is 0.0215. The zero-order chi connectivity index (χ0) is 48.5. The number of aryl methyl sites for hydroxylation is 1. The second-order valence-corrected chi connectivity index (χ2v) is 19.5. The average molecular weight is 919 g/mol. The number of aromatic nitrogens is 1. The summed E-state index contributed by atoms with van der Waals surface area (Å²) >= 11 is 0. The first-order chi connectivity index (χ1) is 31.8. The maximum absolute atomic E-state index is 14.7. The number of phenolic OH excluding ortho intramolecular Hbond substituents is 1. The molecule has 3 aliphatic heterocycles. The number of rotatable bonds is 10. The first-order valence-electron chi connectivity index (χ1n) is 23.4. The lowest BCUT2D eigenvalue weighted by molar-refractivity contribution is -0.156. The maximum atomic E-state index is 14.7. The fourth-order valence-corrected chi connectivity index (χ4v) is 10.1. The van der Waals surface area contributed by atoms with Crippen LogP contribution in [0, 0.1) is 11.3 Å². The molecule has 67 heavy (non-hydrogen) atoms. The van der Waals surface area contributed by atoms with E-state index < -0.39 is 64.7 Å². The van der Waals surface area contributed by atoms with E-state index in [2.05, 4.69) is 66.9 Å². The molecule has 4 amide bonds. The van der Waals surface area contributed by atoms with Crippen molar-refractivity contribution in [3.63, 3.8) is 0 Å². The highest BCUT2D eigenvalue weighted by molar-refractivity contribution is 5.97. The van der Waals surface area contributed by atoms with Gasteiger partial charge >= 0.3 is 5.97 Å². The minimum atomic E-state index is -1.93. The van der Waals surface area contributed by atoms with E-state index >= 15 is 0 Å². The van der Waals surface area contributed by atoms with Crippen LogP contribution in [0.5, 0.6) is 5.75 Å². The van der Waals surface area contributed by atoms with Gasteiger partial charge in [-0.3, -0.25) is 29.0 Å². The number of cyclic esters (lactones) is 1. The summed E-state index contributed by atoms with van der Waals surface area (Å²) < 4.78 is 14.3. The van der Waals surface area contributed by atoms with Gasteiger partial charge in [-0.25, -0.2) is 5.43 Å². The molecule has 4 heterocycles. The molecule has 5 atom stereocenters. The smallest absolute Gasteiger partial charge is 0.324 e. The van der Waals surface area contributed by atoms with Crippen molar-refractivity contribution < 1.29 is 43.7 Å². The number of fused-ring (bicyclic) bond motifs is 6. The van der Waals surface area contributed by atoms with Crippen molar-refractivity contribution in [2.75, 3.05) is 40.4 Å². The second-order valence-electron chi connectivity index (χ2n) is 19.5. The number of likely N-dealkylation sites (tertiary alicyclic amines) is 1. The first kappa shape index (κ1) is 48.9. The van der Waals surface area contributed by atoms with E-state index in [1.165, 1.54) is 21.9 Å². The number of nitrogens with zero attached hydrogens (tertiary/aromatic N) is 4. The predicted molar refractivity (Wildman–Crippen MR) is 255 cm³/mol. The number of hydrazine groups is 1. The molecule has 2 saturated heterocycles. The topological polar surface area (TPSA) is 183 Å². The number of esters is 1. The molecule has 3 aliphatic rings. The van der Waals surface area contributed by atoms with Gasteiger partial charge in [0.05, 0.1) is 24.9 Å². The van der Waals surface area contributed by atoms with Gasteiger partial charge in [0.2, 0.25) is 11.8 Å². The molecule has 0 radical (unpaired) electrons. The minimum Gasteiger partial charge on any atom is -0.508 e. The van der Waals surface area contributed by atoms with Gasteiger partial charge in [0.1, 0.15) is 23.9 Å². The number of likely N-dealkylation sites (N-methyl/N-ethyl adjacent to an activating group) is 1. The van der Waals surface area contributed by atoms with Crippen molar-refractivity contribution in [3.8, 4) is 28.1 Å². The zero-order valence-corrected chi connectivity index (χ0v) is 40.1. The molecular formula is C52H66N6O9. The number of aromatic hydroxyl groups is 1. The van der Waals surface area contributed by atoms with Crippen LogP contribution in [0.15, 0.2) is 73.3 Å². The quantitative estimate of drug-likeness (QED) is 0.114. The Hall–Kier alpha value is -6.03. The zero-order valence-electron chi connectivity index (χ0n) is 40.1. The second kappa shape index (κ2) is 19.7. The highest BCUT2D eigenvalue weighted by Gasteiger charge is 2.48. The number of hydrogen-bond donors (Lipinski definition) is 4. The Morgan fingerprint density at radius 1 is 1.06 bits per heavy atom. The van der Waals surface area contributed by atoms with Gasteiger partial charge in [-0.05, 0) is 97.2 Å². The largest absolute Gasteiger partial charge is 0.508 e. The molecule has 0 spiro atoms. The molecule has 6 bridgehead atoms. The maximum Gasteiger partial charge on any atom is 0.324 e. The number of carbonyl (C=O) groups is 5. The number of phenols is 1. The molecule has 4 aromatic rings. The molecule has 15 heteroatoms. The van der Waals surface area contributed by atoms with Crippen LogP contribution >= 0.6 is 0 Å². The van der Waals surface area contributed by atoms with Crippen molar-refractivity contribution in [3.05, 3.63) is 90.0 Å². The Bertz CT molecular complexity index is 2570. The number of nitrogens with one attached hydrogen (secondary N) is 2. The van der Waals surface area contributed by atoms with E-state index in [0.717, 1.165) is 44.9 Å². The van der Waals surface area contributed by atoms with Crippen LogP contribution in [-0.2, 0) is 52.8 Å². The van der Waals surface area contributed by atoms with Crippen molar-refractivity contribution in [1.29, 1.82) is 0 Å². The summed E-state index contributed by atoms with van der Waals surface area (Å²) in [5.74, 6) is -3.31. The molecule has 0 unspecified atom stereocenters. The van der Waals surface area contributed by atoms with Gasteiger partial charge in [0, 0.05) is 68.5 Å². The molecule has 2 fully saturated rings. The molecule has 1 aromatic heterocycles. The molecular weight excluding hydrogens is 853 g/mol. The summed E-state index contributed by atoms with van der Waals surface area (Å²) in [6.07, 6.45) is 2.31. The molecule has 0 saturated carbocycles. The van der Waals surface area contributed by atoms with E-state index in [1.54, 1.807) is 33.1 Å². The van der Waals surface area contributed by atoms with Gasteiger partial charge in [-0.15, -0.1) is 0 Å². The highest BCUT2D eigenvalue weighted by Crippen LogP contribution is 2.43. The van der Waals surface area contributed by atoms with E-state index in [9.17, 15) is 34.2 Å². The summed E-state index contributed by atoms with van der Waals surface area (Å²) in [6.45, 7) is 16.2. The van der Waals surface area contributed by atoms with Gasteiger partial charge < -0.3 is 39.4 Å². The van der Waals surface area contributed by atoms with Crippen molar-refractivity contribution >= 4 is 40.5 Å². The number of β-amino-alcohol motifs (C(OH)–C–C–N with tert-alkyl or cyclic N) is 1. The molecule has 358 valence electrons. The summed E-state index contributed by atoms with van der Waals surface area (Å²) in [7, 11) is 3.13. The normalized spacial score (nSPS) is 21.9. The Kier molecular flexibility index (Phi) is 14.4. The van der Waals surface area contributed by atoms with Crippen molar-refractivity contribution in [2.45, 2.75) is 110 Å². The Morgan fingerprint density at radius 3 is 2.51 bits per heavy atom. The van der Waals surface area contributed by atoms with Crippen LogP contribution < -0.4 is 10.7 Å². The van der Waals surface area contributed by atoms with Crippen LogP contribution in [0.2, 0.25) is 0 Å². The van der Waals surface area contributed by atoms with E-state index in [0.29, 0.717) is 36.9 Å². The van der Waals surface area contributed by atoms with Crippen LogP contribution in [0.3, 0.4) is 0 Å². The Morgan fingerprint density at radius 2 is 1.81 bits per heavy atom. The van der Waals surface area contributed by atoms with Crippen LogP contribution in [0.1, 0.15) is 83.6 Å². The number of carbonyl (C=O) groups excluding carboxylic acids is 5. The lowest BCUT2D eigenvalue weighted by Gasteiger charge is -2.37. The summed E-state index contributed by atoms with van der Waals surface area (Å²) in [6, 6.07) is 16.4. The number of aliphatic hydroxyl groups is 1. The molecule has 15 nitrogen and oxygen atoms in total. The standard InChI is InChI=1S/C52H66N6O9/c1-10-44(60)56-22-20-52(65,29-56)50(64)55(8)45(31(3)4)47(61)53-42-25-33-23-35(26-36(59)24-33)34-18-19-43-39(27-34)40(46(57(43)11-2)38-16-13-12-15-37(38)32(5)66-9)28-51(6,7)30-67-49(63)41-17-14-21-58(54-41)48(42)62/h10,12-13,15-16,18-19,23-24,26-27,31-32,41-42,45,54,59,65H,1,11,14,17,20-22,25,28-30H2,2-9H3,(H,53,61)/t32-,41-,42-,45-,52+/m0/s1. The van der Waals surface area contributed by atoms with Gasteiger partial charge in [-0.2, -0.15) is 0 Å². The van der Waals surface area contributed by atoms with Crippen LogP contribution in [-0.4, -0.2) is 123 Å². The third kappa shape index (κ3) is 10.00. The van der Waals surface area contributed by atoms with Gasteiger partial charge in [0.15, 0.2) is 5.60 Å². The van der Waals surface area contributed by atoms with Gasteiger partial charge in [0.25, 0.3) is 11.8 Å². The lowest BCUT2D eigenvalue weighted by atomic mass is 9.83. The monoisotopic (exact) mass is 918 g/mol. The fourth-order valence-electron chi connectivity index (χ4n) is 10.1. The molecule has 0 aliphatic carbocycles.